The van der Waals surface area contributed by atoms with Crippen molar-refractivity contribution >= 4 is 69.8 Å². The lowest BCUT2D eigenvalue weighted by Gasteiger charge is -2.47. The number of benzene rings is 6. The van der Waals surface area contributed by atoms with Crippen molar-refractivity contribution in [1.82, 2.24) is 19.9 Å². The summed E-state index contributed by atoms with van der Waals surface area (Å²) in [6, 6.07) is 59.7. The standard InChI is InChI=1S/C65H48N6O5/c1-64(2)48-20-12-13-21-57(48)70(65(64)37-36-46-40-47(71(73)74)26-35-58(46)76-65)38-39-75-63(72)45-24-22-44(23-25-45)62-55-33-31-53(68-55)60(42-16-8-4-9-17-42)51-29-27-49(66-51)59(41-14-6-3-7-15-41)50-28-30-52(67-50)61(43-18-10-5-11-19-43)54-32-34-56(62)69-54/h3-37,40,66,69H,38-39H2,1-2H3. The highest BCUT2D eigenvalue weighted by Crippen LogP contribution is 2.55. The number of ether oxygens (including phenoxy) is 2. The summed E-state index contributed by atoms with van der Waals surface area (Å²) in [5.74, 6) is 0.0707. The van der Waals surface area contributed by atoms with Crippen LogP contribution >= 0.6 is 0 Å². The first-order valence-corrected chi connectivity index (χ1v) is 25.3. The molecule has 11 heteroatoms. The molecule has 7 heterocycles. The fourth-order valence-electron chi connectivity index (χ4n) is 11.3. The third kappa shape index (κ3) is 7.70. The maximum atomic E-state index is 14.0. The monoisotopic (exact) mass is 992 g/mol. The maximum Gasteiger partial charge on any atom is 0.338 e. The van der Waals surface area contributed by atoms with E-state index in [1.165, 1.54) is 12.1 Å². The fraction of sp³-hybridized carbons (Fsp3) is 0.0923. The summed E-state index contributed by atoms with van der Waals surface area (Å²) in [4.78, 5) is 45.8. The molecule has 2 N–H and O–H groups in total. The van der Waals surface area contributed by atoms with Crippen molar-refractivity contribution in [2.45, 2.75) is 25.0 Å². The van der Waals surface area contributed by atoms with Gasteiger partial charge in [-0.25, -0.2) is 14.8 Å². The number of carbonyl (C=O) groups excluding carboxylic acids is 1. The van der Waals surface area contributed by atoms with Crippen molar-refractivity contribution in [3.63, 3.8) is 0 Å². The van der Waals surface area contributed by atoms with E-state index in [9.17, 15) is 14.9 Å². The van der Waals surface area contributed by atoms with Gasteiger partial charge in [0.1, 0.15) is 12.4 Å². The zero-order chi connectivity index (χ0) is 51.5. The number of nitro benzene ring substituents is 1. The number of hydrogen-bond donors (Lipinski definition) is 2. The summed E-state index contributed by atoms with van der Waals surface area (Å²) in [6.45, 7) is 4.63. The molecule has 0 aliphatic carbocycles. The zero-order valence-corrected chi connectivity index (χ0v) is 41.5. The lowest BCUT2D eigenvalue weighted by Crippen LogP contribution is -2.60. The van der Waals surface area contributed by atoms with Gasteiger partial charge in [0.2, 0.25) is 5.72 Å². The van der Waals surface area contributed by atoms with Gasteiger partial charge >= 0.3 is 5.97 Å². The molecule has 11 nitrogen and oxygen atoms in total. The molecule has 4 aliphatic rings. The number of carbonyl (C=O) groups is 1. The highest BCUT2D eigenvalue weighted by Gasteiger charge is 2.58. The summed E-state index contributed by atoms with van der Waals surface area (Å²) in [5.41, 5.74) is 15.9. The normalized spacial score (nSPS) is 15.6. The van der Waals surface area contributed by atoms with Crippen LogP contribution in [0.25, 0.3) is 97.0 Å². The molecule has 76 heavy (non-hydrogen) atoms. The number of fused-ring (bicyclic) bond motifs is 10. The Balaban J connectivity index is 0.894. The van der Waals surface area contributed by atoms with Crippen LogP contribution in [0.5, 0.6) is 5.75 Å². The second-order valence-corrected chi connectivity index (χ2v) is 19.7. The fourth-order valence-corrected chi connectivity index (χ4v) is 11.3. The molecular formula is C65H48N6O5. The van der Waals surface area contributed by atoms with Crippen molar-refractivity contribution in [1.29, 1.82) is 0 Å². The summed E-state index contributed by atoms with van der Waals surface area (Å²) >= 11 is 0. The van der Waals surface area contributed by atoms with Gasteiger partial charge in [0.25, 0.3) is 5.69 Å². The Bertz CT molecular complexity index is 4050. The number of non-ortho nitro benzene ring substituents is 1. The van der Waals surface area contributed by atoms with Crippen molar-refractivity contribution < 1.29 is 19.2 Å². The third-order valence-electron chi connectivity index (χ3n) is 15.0. The molecule has 3 aromatic heterocycles. The Labute approximate surface area is 438 Å². The van der Waals surface area contributed by atoms with E-state index in [2.05, 4.69) is 132 Å². The molecule has 6 aromatic carbocycles. The number of esters is 1. The molecule has 1 unspecified atom stereocenters. The molecule has 1 spiro atoms. The number of hydrogen-bond acceptors (Lipinski definition) is 8. The number of aromatic nitrogens is 4. The largest absolute Gasteiger partial charge is 0.463 e. The average molecular weight is 993 g/mol. The van der Waals surface area contributed by atoms with Gasteiger partial charge in [-0.3, -0.25) is 10.1 Å². The van der Waals surface area contributed by atoms with E-state index in [0.717, 1.165) is 101 Å². The molecule has 13 rings (SSSR count). The van der Waals surface area contributed by atoms with E-state index in [4.69, 9.17) is 19.4 Å². The first kappa shape index (κ1) is 46.0. The summed E-state index contributed by atoms with van der Waals surface area (Å²) < 4.78 is 12.9. The number of aromatic amines is 2. The van der Waals surface area contributed by atoms with Gasteiger partial charge in [0, 0.05) is 67.7 Å². The van der Waals surface area contributed by atoms with Gasteiger partial charge in [-0.05, 0) is 127 Å². The number of rotatable bonds is 9. The lowest BCUT2D eigenvalue weighted by molar-refractivity contribution is -0.384. The summed E-state index contributed by atoms with van der Waals surface area (Å²) in [6.07, 6.45) is 12.2. The molecule has 0 saturated carbocycles. The van der Waals surface area contributed by atoms with Gasteiger partial charge < -0.3 is 24.3 Å². The predicted molar refractivity (Wildman–Crippen MR) is 303 cm³/mol. The predicted octanol–water partition coefficient (Wildman–Crippen LogP) is 15.0. The number of nitro groups is 1. The lowest BCUT2D eigenvalue weighted by atomic mass is 9.76. The minimum Gasteiger partial charge on any atom is -0.463 e. The van der Waals surface area contributed by atoms with Crippen LogP contribution in [-0.4, -0.2) is 49.7 Å². The summed E-state index contributed by atoms with van der Waals surface area (Å²) in [5, 5.41) is 11.6. The van der Waals surface area contributed by atoms with Crippen molar-refractivity contribution in [3.05, 3.63) is 238 Å². The molecule has 9 aromatic rings. The van der Waals surface area contributed by atoms with Crippen LogP contribution in [0.1, 0.15) is 58.1 Å². The van der Waals surface area contributed by atoms with Crippen LogP contribution in [-0.2, 0) is 10.2 Å². The second kappa shape index (κ2) is 18.3. The first-order chi connectivity index (χ1) is 37.1. The van der Waals surface area contributed by atoms with Crippen LogP contribution < -0.4 is 9.64 Å². The van der Waals surface area contributed by atoms with E-state index >= 15 is 0 Å². The Morgan fingerprint density at radius 3 is 1.53 bits per heavy atom. The number of para-hydroxylation sites is 1. The molecular weight excluding hydrogens is 945 g/mol. The molecule has 8 bridgehead atoms. The quantitative estimate of drug-likeness (QED) is 0.0828. The Kier molecular flexibility index (Phi) is 11.0. The van der Waals surface area contributed by atoms with Gasteiger partial charge in [0.05, 0.1) is 45.2 Å². The SMILES string of the molecule is CC1(C)c2ccccc2N(CCOC(=O)c2ccc(-c3c4nc(c(-c5ccccc5)c5ccc([nH]5)c(-c5ccccc5)c5nc(c(-c6ccccc6)c6ccc3[nH]6)C=C5)C=C4)cc2)C12C=Cc1cc([N+](=O)[O-])ccc1O2. The van der Waals surface area contributed by atoms with E-state index in [0.29, 0.717) is 23.4 Å². The number of nitrogens with zero attached hydrogens (tertiary/aromatic N) is 4. The van der Waals surface area contributed by atoms with Gasteiger partial charge in [-0.15, -0.1) is 0 Å². The molecule has 4 aliphatic heterocycles. The zero-order valence-electron chi connectivity index (χ0n) is 41.5. The highest BCUT2D eigenvalue weighted by molar-refractivity contribution is 6.00. The molecule has 0 fully saturated rings. The Morgan fingerprint density at radius 2 is 1.04 bits per heavy atom. The van der Waals surface area contributed by atoms with Crippen molar-refractivity contribution in [2.75, 3.05) is 18.1 Å². The summed E-state index contributed by atoms with van der Waals surface area (Å²) in [7, 11) is 0. The van der Waals surface area contributed by atoms with E-state index < -0.39 is 22.0 Å². The van der Waals surface area contributed by atoms with Crippen molar-refractivity contribution in [2.24, 2.45) is 0 Å². The highest BCUT2D eigenvalue weighted by atomic mass is 16.6. The van der Waals surface area contributed by atoms with E-state index in [1.807, 2.05) is 84.9 Å². The second-order valence-electron chi connectivity index (χ2n) is 19.7. The van der Waals surface area contributed by atoms with Gasteiger partial charge in [-0.1, -0.05) is 121 Å². The number of H-pyrrole nitrogens is 2. The Morgan fingerprint density at radius 1 is 0.579 bits per heavy atom. The topological polar surface area (TPSA) is 139 Å². The minimum absolute atomic E-state index is 0.00961. The van der Waals surface area contributed by atoms with Gasteiger partial charge in [0.15, 0.2) is 0 Å². The van der Waals surface area contributed by atoms with Crippen LogP contribution in [0.15, 0.2) is 188 Å². The molecule has 368 valence electrons. The number of nitrogens with one attached hydrogen (secondary N) is 2. The van der Waals surface area contributed by atoms with Crippen LogP contribution in [0.3, 0.4) is 0 Å². The van der Waals surface area contributed by atoms with E-state index in [1.54, 1.807) is 18.2 Å². The molecule has 0 radical (unpaired) electrons. The molecule has 0 amide bonds. The molecule has 1 atom stereocenters. The van der Waals surface area contributed by atoms with Gasteiger partial charge in [-0.2, -0.15) is 0 Å². The van der Waals surface area contributed by atoms with Crippen LogP contribution in [0.4, 0.5) is 11.4 Å². The molecule has 0 saturated heterocycles. The smallest absolute Gasteiger partial charge is 0.338 e. The van der Waals surface area contributed by atoms with E-state index in [-0.39, 0.29) is 12.3 Å². The average Bonchev–Trinajstić information content (AvgIpc) is 4.33. The number of anilines is 1. The van der Waals surface area contributed by atoms with Crippen LogP contribution in [0.2, 0.25) is 0 Å². The third-order valence-corrected chi connectivity index (χ3v) is 15.0. The van der Waals surface area contributed by atoms with Crippen molar-refractivity contribution in [3.8, 4) is 50.3 Å². The first-order valence-electron chi connectivity index (χ1n) is 25.3. The minimum atomic E-state index is -1.00. The van der Waals surface area contributed by atoms with Crippen LogP contribution in [0, 0.1) is 10.1 Å². The Hall–Kier alpha value is -9.87. The maximum absolute atomic E-state index is 14.0.